The summed E-state index contributed by atoms with van der Waals surface area (Å²) >= 11 is 0. The Bertz CT molecular complexity index is 968. The van der Waals surface area contributed by atoms with Crippen LogP contribution in [0, 0.1) is 11.3 Å². The summed E-state index contributed by atoms with van der Waals surface area (Å²) < 4.78 is 24.7. The van der Waals surface area contributed by atoms with Crippen molar-refractivity contribution in [3.63, 3.8) is 0 Å². The molecule has 0 bridgehead atoms. The van der Waals surface area contributed by atoms with E-state index in [1.54, 1.807) is 0 Å². The fourth-order valence-electron chi connectivity index (χ4n) is 2.24. The molecule has 2 rings (SSSR count). The fourth-order valence-corrected chi connectivity index (χ4v) is 2.81. The molecule has 0 saturated heterocycles. The van der Waals surface area contributed by atoms with Gasteiger partial charge < -0.3 is 4.90 Å². The summed E-state index contributed by atoms with van der Waals surface area (Å²) in [4.78, 5) is 14.5. The molecule has 0 aliphatic heterocycles. The molecule has 134 valence electrons. The summed E-state index contributed by atoms with van der Waals surface area (Å²) in [5.74, 6) is -0.421. The van der Waals surface area contributed by atoms with Crippen LogP contribution in [0.25, 0.3) is 6.08 Å². The van der Waals surface area contributed by atoms with Gasteiger partial charge in [-0.25, -0.2) is 8.42 Å². The highest BCUT2D eigenvalue weighted by Gasteiger charge is 2.13. The number of carbonyl (C=O) groups excluding carboxylic acids is 1. The Morgan fingerprint density at radius 1 is 1.08 bits per heavy atom. The van der Waals surface area contributed by atoms with Crippen LogP contribution in [0.3, 0.4) is 0 Å². The molecular weight excluding hydrogens is 350 g/mol. The number of rotatable bonds is 6. The number of nitriles is 1. The Hall–Kier alpha value is -3.11. The van der Waals surface area contributed by atoms with E-state index < -0.39 is 15.8 Å². The van der Waals surface area contributed by atoms with Gasteiger partial charge in [0.15, 0.2) is 0 Å². The summed E-state index contributed by atoms with van der Waals surface area (Å²) in [6, 6.07) is 15.3. The topological polar surface area (TPSA) is 90.3 Å². The molecule has 0 unspecified atom stereocenters. The van der Waals surface area contributed by atoms with Crippen LogP contribution in [0.4, 0.5) is 11.4 Å². The maximum atomic E-state index is 12.5. The van der Waals surface area contributed by atoms with E-state index in [2.05, 4.69) is 4.72 Å². The smallest absolute Gasteiger partial charge is 0.229 e. The lowest BCUT2D eigenvalue weighted by atomic mass is 10.0. The van der Waals surface area contributed by atoms with Gasteiger partial charge in [-0.15, -0.1) is 0 Å². The summed E-state index contributed by atoms with van der Waals surface area (Å²) in [6.45, 7) is 0. The van der Waals surface area contributed by atoms with Crippen molar-refractivity contribution >= 4 is 33.3 Å². The number of nitrogens with one attached hydrogen (secondary N) is 1. The Labute approximate surface area is 153 Å². The van der Waals surface area contributed by atoms with Gasteiger partial charge in [0.05, 0.1) is 6.26 Å². The lowest BCUT2D eigenvalue weighted by Crippen LogP contribution is -2.10. The van der Waals surface area contributed by atoms with Gasteiger partial charge in [-0.05, 0) is 48.0 Å². The number of sulfonamides is 1. The second kappa shape index (κ2) is 7.85. The highest BCUT2D eigenvalue weighted by atomic mass is 32.2. The first-order chi connectivity index (χ1) is 12.2. The standard InChI is InChI=1S/C19H19N3O3S/c1-22(2)18-10-4-14(5-11-18)12-16(13-20)19(23)15-6-8-17(9-7-15)21-26(3,24)25/h4-12,21H,1-3H3. The summed E-state index contributed by atoms with van der Waals surface area (Å²) in [6.07, 6.45) is 2.58. The van der Waals surface area contributed by atoms with Crippen molar-refractivity contribution in [1.82, 2.24) is 0 Å². The van der Waals surface area contributed by atoms with E-state index in [1.807, 2.05) is 49.3 Å². The average molecular weight is 369 g/mol. The van der Waals surface area contributed by atoms with Gasteiger partial charge in [-0.2, -0.15) is 5.26 Å². The normalized spacial score (nSPS) is 11.5. The van der Waals surface area contributed by atoms with E-state index in [1.165, 1.54) is 30.3 Å². The van der Waals surface area contributed by atoms with Crippen LogP contribution < -0.4 is 9.62 Å². The second-order valence-electron chi connectivity index (χ2n) is 5.94. The van der Waals surface area contributed by atoms with Crippen LogP contribution in [-0.4, -0.2) is 34.6 Å². The van der Waals surface area contributed by atoms with E-state index in [-0.39, 0.29) is 5.57 Å². The third-order valence-corrected chi connectivity index (χ3v) is 4.14. The zero-order valence-corrected chi connectivity index (χ0v) is 15.5. The number of nitrogens with zero attached hydrogens (tertiary/aromatic N) is 2. The van der Waals surface area contributed by atoms with Crippen LogP contribution in [0.15, 0.2) is 54.1 Å². The third kappa shape index (κ3) is 5.19. The molecule has 0 amide bonds. The number of benzene rings is 2. The van der Waals surface area contributed by atoms with Crippen LogP contribution in [0.2, 0.25) is 0 Å². The number of hydrogen-bond acceptors (Lipinski definition) is 5. The molecule has 0 atom stereocenters. The van der Waals surface area contributed by atoms with E-state index in [0.717, 1.165) is 17.5 Å². The maximum Gasteiger partial charge on any atom is 0.229 e. The van der Waals surface area contributed by atoms with E-state index in [4.69, 9.17) is 0 Å². The van der Waals surface area contributed by atoms with Crippen molar-refractivity contribution in [1.29, 1.82) is 5.26 Å². The lowest BCUT2D eigenvalue weighted by molar-refractivity contribution is 0.104. The molecule has 0 heterocycles. The largest absolute Gasteiger partial charge is 0.378 e. The van der Waals surface area contributed by atoms with Crippen molar-refractivity contribution in [3.05, 3.63) is 65.2 Å². The minimum absolute atomic E-state index is 0.00595. The fraction of sp³-hybridized carbons (Fsp3) is 0.158. The van der Waals surface area contributed by atoms with Crippen LogP contribution in [-0.2, 0) is 10.0 Å². The zero-order chi connectivity index (χ0) is 19.3. The molecule has 0 spiro atoms. The van der Waals surface area contributed by atoms with E-state index in [9.17, 15) is 18.5 Å². The van der Waals surface area contributed by atoms with E-state index in [0.29, 0.717) is 11.3 Å². The molecule has 7 heteroatoms. The third-order valence-electron chi connectivity index (χ3n) is 3.54. The Balaban J connectivity index is 2.24. The quantitative estimate of drug-likeness (QED) is 0.480. The molecule has 2 aromatic rings. The first-order valence-electron chi connectivity index (χ1n) is 7.71. The summed E-state index contributed by atoms with van der Waals surface area (Å²) in [5, 5.41) is 9.33. The molecule has 0 saturated carbocycles. The Morgan fingerprint density at radius 2 is 1.65 bits per heavy atom. The Morgan fingerprint density at radius 3 is 2.12 bits per heavy atom. The van der Waals surface area contributed by atoms with Gasteiger partial charge in [0.25, 0.3) is 0 Å². The van der Waals surface area contributed by atoms with Crippen LogP contribution in [0.5, 0.6) is 0 Å². The lowest BCUT2D eigenvalue weighted by Gasteiger charge is -2.11. The van der Waals surface area contributed by atoms with Crippen molar-refractivity contribution in [2.45, 2.75) is 0 Å². The average Bonchev–Trinajstić information content (AvgIpc) is 2.58. The zero-order valence-electron chi connectivity index (χ0n) is 14.7. The molecule has 6 nitrogen and oxygen atoms in total. The van der Waals surface area contributed by atoms with E-state index >= 15 is 0 Å². The van der Waals surface area contributed by atoms with Crippen molar-refractivity contribution in [3.8, 4) is 6.07 Å². The molecule has 26 heavy (non-hydrogen) atoms. The maximum absolute atomic E-state index is 12.5. The molecule has 0 fully saturated rings. The molecule has 0 aliphatic rings. The van der Waals surface area contributed by atoms with Gasteiger partial charge in [0.1, 0.15) is 11.6 Å². The summed E-state index contributed by atoms with van der Waals surface area (Å²) in [7, 11) is 0.472. The minimum atomic E-state index is -3.38. The second-order valence-corrected chi connectivity index (χ2v) is 7.68. The highest BCUT2D eigenvalue weighted by molar-refractivity contribution is 7.92. The number of hydrogen-bond donors (Lipinski definition) is 1. The molecule has 0 aliphatic carbocycles. The predicted molar refractivity (Wildman–Crippen MR) is 104 cm³/mol. The molecule has 0 radical (unpaired) electrons. The van der Waals surface area contributed by atoms with Crippen molar-refractivity contribution in [2.24, 2.45) is 0 Å². The SMILES string of the molecule is CN(C)c1ccc(C=C(C#N)C(=O)c2ccc(NS(C)(=O)=O)cc2)cc1. The summed E-state index contributed by atoms with van der Waals surface area (Å²) in [5.41, 5.74) is 2.43. The number of Topliss-reactive ketones (excluding diaryl/α,β-unsaturated/α-hetero) is 1. The van der Waals surface area contributed by atoms with Gasteiger partial charge in [0.2, 0.25) is 15.8 Å². The number of allylic oxidation sites excluding steroid dienone is 1. The Kier molecular flexibility index (Phi) is 5.80. The highest BCUT2D eigenvalue weighted by Crippen LogP contribution is 2.18. The first kappa shape index (κ1) is 19.2. The molecule has 2 aromatic carbocycles. The van der Waals surface area contributed by atoms with Crippen molar-refractivity contribution in [2.75, 3.05) is 30.0 Å². The van der Waals surface area contributed by atoms with Gasteiger partial charge in [-0.1, -0.05) is 12.1 Å². The van der Waals surface area contributed by atoms with Crippen LogP contribution >= 0.6 is 0 Å². The van der Waals surface area contributed by atoms with Gasteiger partial charge >= 0.3 is 0 Å². The molecule has 1 N–H and O–H groups in total. The van der Waals surface area contributed by atoms with Crippen molar-refractivity contribution < 1.29 is 13.2 Å². The number of carbonyl (C=O) groups is 1. The predicted octanol–water partition coefficient (Wildman–Crippen LogP) is 2.91. The van der Waals surface area contributed by atoms with Gasteiger partial charge in [0, 0.05) is 31.0 Å². The molecule has 0 aromatic heterocycles. The monoisotopic (exact) mass is 369 g/mol. The number of ketones is 1. The van der Waals surface area contributed by atoms with Crippen LogP contribution in [0.1, 0.15) is 15.9 Å². The minimum Gasteiger partial charge on any atom is -0.378 e. The van der Waals surface area contributed by atoms with Gasteiger partial charge in [-0.3, -0.25) is 9.52 Å². The number of anilines is 2. The first-order valence-corrected chi connectivity index (χ1v) is 9.60. The molecular formula is C19H19N3O3S.